The number of anilines is 2. The van der Waals surface area contributed by atoms with Crippen LogP contribution in [0, 0.1) is 0 Å². The molecule has 0 fully saturated rings. The third-order valence-corrected chi connectivity index (χ3v) is 6.17. The van der Waals surface area contributed by atoms with Gasteiger partial charge < -0.3 is 10.2 Å². The summed E-state index contributed by atoms with van der Waals surface area (Å²) in [4.78, 5) is 31.6. The van der Waals surface area contributed by atoms with Crippen molar-refractivity contribution in [2.24, 2.45) is 0 Å². The molecule has 0 saturated heterocycles. The van der Waals surface area contributed by atoms with Gasteiger partial charge in [-0.3, -0.25) is 9.59 Å². The van der Waals surface area contributed by atoms with E-state index in [1.54, 1.807) is 11.3 Å². The van der Waals surface area contributed by atoms with Crippen LogP contribution in [0.2, 0.25) is 0 Å². The number of carbonyl (C=O) groups is 2. The van der Waals surface area contributed by atoms with Crippen molar-refractivity contribution < 1.29 is 9.59 Å². The summed E-state index contributed by atoms with van der Waals surface area (Å²) in [5.74, 6) is 0.104. The molecule has 0 aliphatic carbocycles. The molecule has 0 atom stereocenters. The quantitative estimate of drug-likeness (QED) is 0.696. The zero-order valence-corrected chi connectivity index (χ0v) is 16.5. The molecule has 3 aromatic rings. The van der Waals surface area contributed by atoms with Crippen molar-refractivity contribution in [1.29, 1.82) is 0 Å². The number of fused-ring (bicyclic) bond motifs is 1. The van der Waals surface area contributed by atoms with Gasteiger partial charge in [-0.15, -0.1) is 22.7 Å². The van der Waals surface area contributed by atoms with Crippen LogP contribution in [0.25, 0.3) is 11.3 Å². The predicted octanol–water partition coefficient (Wildman–Crippen LogP) is 4.35. The third kappa shape index (κ3) is 3.79. The summed E-state index contributed by atoms with van der Waals surface area (Å²) in [5, 5.41) is 7.40. The summed E-state index contributed by atoms with van der Waals surface area (Å²) in [6.07, 6.45) is 1.75. The summed E-state index contributed by atoms with van der Waals surface area (Å²) in [7, 11) is 0. The van der Waals surface area contributed by atoms with Gasteiger partial charge in [-0.2, -0.15) is 0 Å². The molecule has 3 heterocycles. The third-order valence-electron chi connectivity index (χ3n) is 4.54. The molecule has 0 spiro atoms. The fraction of sp³-hybridized carbons (Fsp3) is 0.250. The van der Waals surface area contributed by atoms with E-state index in [-0.39, 0.29) is 11.8 Å². The Balaban J connectivity index is 1.47. The number of thiazole rings is 1. The second-order valence-corrected chi connectivity index (χ2v) is 8.22. The Morgan fingerprint density at radius 2 is 2.15 bits per heavy atom. The molecule has 2 amide bonds. The Labute approximate surface area is 165 Å². The highest BCUT2D eigenvalue weighted by atomic mass is 32.1. The second-order valence-electron chi connectivity index (χ2n) is 6.33. The molecular formula is C20H19N3O2S2. The van der Waals surface area contributed by atoms with Crippen molar-refractivity contribution in [2.45, 2.75) is 26.2 Å². The number of thiophene rings is 1. The van der Waals surface area contributed by atoms with Crippen molar-refractivity contribution in [1.82, 2.24) is 4.98 Å². The SMILES string of the molecule is CCC(=O)N1CCc2cc(-c3csc(NC(=O)Cc4cccs4)n3)ccc21. The Bertz CT molecular complexity index is 979. The molecule has 4 rings (SSSR count). The zero-order chi connectivity index (χ0) is 18.8. The Kier molecular flexibility index (Phi) is 5.05. The first-order valence-electron chi connectivity index (χ1n) is 8.85. The van der Waals surface area contributed by atoms with Crippen LogP contribution in [-0.4, -0.2) is 23.3 Å². The number of carbonyl (C=O) groups excluding carboxylic acids is 2. The van der Waals surface area contributed by atoms with Crippen molar-refractivity contribution >= 4 is 45.3 Å². The molecule has 0 saturated carbocycles. The highest BCUT2D eigenvalue weighted by Crippen LogP contribution is 2.33. The molecule has 1 N–H and O–H groups in total. The van der Waals surface area contributed by atoms with Gasteiger partial charge in [0.2, 0.25) is 11.8 Å². The van der Waals surface area contributed by atoms with Crippen LogP contribution in [0.1, 0.15) is 23.8 Å². The van der Waals surface area contributed by atoms with Crippen molar-refractivity contribution in [3.63, 3.8) is 0 Å². The smallest absolute Gasteiger partial charge is 0.231 e. The van der Waals surface area contributed by atoms with Gasteiger partial charge in [0.1, 0.15) is 0 Å². The van der Waals surface area contributed by atoms with Crippen LogP contribution in [0.15, 0.2) is 41.1 Å². The van der Waals surface area contributed by atoms with Gasteiger partial charge in [-0.05, 0) is 35.6 Å². The normalized spacial score (nSPS) is 12.9. The molecule has 5 nitrogen and oxygen atoms in total. The maximum atomic E-state index is 12.1. The topological polar surface area (TPSA) is 62.3 Å². The summed E-state index contributed by atoms with van der Waals surface area (Å²) in [6.45, 7) is 2.63. The Morgan fingerprint density at radius 1 is 1.26 bits per heavy atom. The lowest BCUT2D eigenvalue weighted by Gasteiger charge is -2.16. The second kappa shape index (κ2) is 7.62. The predicted molar refractivity (Wildman–Crippen MR) is 111 cm³/mol. The lowest BCUT2D eigenvalue weighted by atomic mass is 10.1. The van der Waals surface area contributed by atoms with Gasteiger partial charge in [-0.1, -0.05) is 19.1 Å². The van der Waals surface area contributed by atoms with Gasteiger partial charge in [0.25, 0.3) is 0 Å². The van der Waals surface area contributed by atoms with E-state index in [4.69, 9.17) is 0 Å². The van der Waals surface area contributed by atoms with Crippen molar-refractivity contribution in [2.75, 3.05) is 16.8 Å². The van der Waals surface area contributed by atoms with Gasteiger partial charge in [-0.25, -0.2) is 4.98 Å². The van der Waals surface area contributed by atoms with Gasteiger partial charge in [0.15, 0.2) is 5.13 Å². The average Bonchev–Trinajstić information content (AvgIpc) is 3.41. The standard InChI is InChI=1S/C20H19N3O2S2/c1-2-19(25)23-8-7-14-10-13(5-6-17(14)23)16-12-27-20(21-16)22-18(24)11-15-4-3-9-26-15/h3-6,9-10,12H,2,7-8,11H2,1H3,(H,21,22,24). The van der Waals surface area contributed by atoms with Gasteiger partial charge >= 0.3 is 0 Å². The first-order valence-corrected chi connectivity index (χ1v) is 10.6. The number of benzene rings is 1. The summed E-state index contributed by atoms with van der Waals surface area (Å²) >= 11 is 3.00. The molecule has 0 radical (unpaired) electrons. The Morgan fingerprint density at radius 3 is 2.93 bits per heavy atom. The van der Waals surface area contributed by atoms with E-state index in [1.807, 2.05) is 46.8 Å². The van der Waals surface area contributed by atoms with E-state index in [2.05, 4.69) is 16.4 Å². The Hall–Kier alpha value is -2.51. The minimum atomic E-state index is -0.0546. The maximum absolute atomic E-state index is 12.1. The van der Waals surface area contributed by atoms with E-state index < -0.39 is 0 Å². The fourth-order valence-corrected chi connectivity index (χ4v) is 4.65. The van der Waals surface area contributed by atoms with Crippen molar-refractivity contribution in [3.8, 4) is 11.3 Å². The summed E-state index contributed by atoms with van der Waals surface area (Å²) in [6, 6.07) is 9.99. The minimum absolute atomic E-state index is 0.0546. The lowest BCUT2D eigenvalue weighted by molar-refractivity contribution is -0.118. The number of amides is 2. The summed E-state index contributed by atoms with van der Waals surface area (Å²) in [5.41, 5.74) is 4.03. The monoisotopic (exact) mass is 397 g/mol. The summed E-state index contributed by atoms with van der Waals surface area (Å²) < 4.78 is 0. The van der Waals surface area contributed by atoms with E-state index in [1.165, 1.54) is 16.9 Å². The molecule has 0 unspecified atom stereocenters. The van der Waals surface area contributed by atoms with E-state index in [0.717, 1.165) is 34.8 Å². The van der Waals surface area contributed by atoms with E-state index in [9.17, 15) is 9.59 Å². The number of aromatic nitrogens is 1. The van der Waals surface area contributed by atoms with Crippen LogP contribution in [0.4, 0.5) is 10.8 Å². The number of rotatable bonds is 5. The first-order chi connectivity index (χ1) is 13.1. The molecule has 1 aliphatic rings. The molecule has 27 heavy (non-hydrogen) atoms. The number of hydrogen-bond acceptors (Lipinski definition) is 5. The van der Waals surface area contributed by atoms with Gasteiger partial charge in [0.05, 0.1) is 12.1 Å². The lowest BCUT2D eigenvalue weighted by Crippen LogP contribution is -2.27. The number of nitrogens with one attached hydrogen (secondary N) is 1. The van der Waals surface area contributed by atoms with E-state index >= 15 is 0 Å². The molecule has 138 valence electrons. The van der Waals surface area contributed by atoms with Crippen molar-refractivity contribution in [3.05, 3.63) is 51.5 Å². The molecule has 1 aromatic carbocycles. The van der Waals surface area contributed by atoms with Gasteiger partial charge in [0, 0.05) is 34.5 Å². The van der Waals surface area contributed by atoms with Crippen LogP contribution >= 0.6 is 22.7 Å². The van der Waals surface area contributed by atoms with Crippen LogP contribution in [-0.2, 0) is 22.4 Å². The van der Waals surface area contributed by atoms with Crippen LogP contribution in [0.5, 0.6) is 0 Å². The van der Waals surface area contributed by atoms with Crippen LogP contribution in [0.3, 0.4) is 0 Å². The zero-order valence-electron chi connectivity index (χ0n) is 14.9. The highest BCUT2D eigenvalue weighted by Gasteiger charge is 2.24. The highest BCUT2D eigenvalue weighted by molar-refractivity contribution is 7.14. The maximum Gasteiger partial charge on any atom is 0.231 e. The average molecular weight is 398 g/mol. The first kappa shape index (κ1) is 17.9. The largest absolute Gasteiger partial charge is 0.312 e. The minimum Gasteiger partial charge on any atom is -0.312 e. The molecule has 1 aliphatic heterocycles. The fourth-order valence-electron chi connectivity index (χ4n) is 3.21. The molecular weight excluding hydrogens is 378 g/mol. The molecule has 2 aromatic heterocycles. The molecule has 7 heteroatoms. The van der Waals surface area contributed by atoms with E-state index in [0.29, 0.717) is 18.0 Å². The molecule has 0 bridgehead atoms. The number of nitrogens with zero attached hydrogens (tertiary/aromatic N) is 2. The number of hydrogen-bond donors (Lipinski definition) is 1. The van der Waals surface area contributed by atoms with Crippen LogP contribution < -0.4 is 10.2 Å².